The second-order valence-electron chi connectivity index (χ2n) is 8.92. The number of hydrogen-bond donors (Lipinski definition) is 3. The molecule has 2 aromatic rings. The van der Waals surface area contributed by atoms with E-state index in [2.05, 4.69) is 22.5 Å². The largest absolute Gasteiger partial charge is 0.488 e. The molecule has 2 aromatic carbocycles. The molecule has 0 saturated heterocycles. The van der Waals surface area contributed by atoms with Crippen molar-refractivity contribution in [2.45, 2.75) is 32.4 Å². The Morgan fingerprint density at radius 3 is 2.55 bits per heavy atom. The Hall–Kier alpha value is -3.10. The summed E-state index contributed by atoms with van der Waals surface area (Å²) in [7, 11) is 3.97. The zero-order valence-electron chi connectivity index (χ0n) is 19.7. The number of amides is 3. The minimum Gasteiger partial charge on any atom is -0.488 e. The highest BCUT2D eigenvalue weighted by Gasteiger charge is 2.30. The van der Waals surface area contributed by atoms with Crippen LogP contribution in [0.5, 0.6) is 5.75 Å². The van der Waals surface area contributed by atoms with Gasteiger partial charge in [0, 0.05) is 35.9 Å². The van der Waals surface area contributed by atoms with Crippen molar-refractivity contribution in [3.05, 3.63) is 54.1 Å². The Morgan fingerprint density at radius 1 is 1.18 bits per heavy atom. The van der Waals surface area contributed by atoms with Crippen molar-refractivity contribution in [2.75, 3.05) is 44.4 Å². The van der Waals surface area contributed by atoms with E-state index in [4.69, 9.17) is 4.74 Å². The minimum atomic E-state index is -0.369. The fourth-order valence-electron chi connectivity index (χ4n) is 3.90. The lowest BCUT2D eigenvalue weighted by molar-refractivity contribution is -0.134. The first-order valence-electron chi connectivity index (χ1n) is 11.2. The third-order valence-corrected chi connectivity index (χ3v) is 5.75. The van der Waals surface area contributed by atoms with Crippen LogP contribution in [-0.4, -0.2) is 72.8 Å². The molecule has 0 aromatic heterocycles. The van der Waals surface area contributed by atoms with Gasteiger partial charge < -0.3 is 30.3 Å². The highest BCUT2D eigenvalue weighted by atomic mass is 16.5. The van der Waals surface area contributed by atoms with Crippen molar-refractivity contribution in [2.24, 2.45) is 5.92 Å². The van der Waals surface area contributed by atoms with E-state index < -0.39 is 0 Å². The second kappa shape index (κ2) is 11.2. The van der Waals surface area contributed by atoms with Gasteiger partial charge in [-0.3, -0.25) is 4.79 Å². The molecule has 8 nitrogen and oxygen atoms in total. The van der Waals surface area contributed by atoms with Crippen LogP contribution in [0.15, 0.2) is 48.5 Å². The van der Waals surface area contributed by atoms with E-state index in [0.29, 0.717) is 35.8 Å². The van der Waals surface area contributed by atoms with Gasteiger partial charge in [-0.1, -0.05) is 25.1 Å². The maximum absolute atomic E-state index is 13.2. The Morgan fingerprint density at radius 2 is 1.88 bits per heavy atom. The molecule has 0 spiro atoms. The molecule has 3 amide bonds. The van der Waals surface area contributed by atoms with Crippen LogP contribution < -0.4 is 15.4 Å². The lowest BCUT2D eigenvalue weighted by atomic mass is 10.0. The van der Waals surface area contributed by atoms with Crippen molar-refractivity contribution in [1.29, 1.82) is 0 Å². The molecule has 3 atom stereocenters. The van der Waals surface area contributed by atoms with Crippen molar-refractivity contribution in [1.82, 2.24) is 9.80 Å². The van der Waals surface area contributed by atoms with Gasteiger partial charge in [0.2, 0.25) is 5.91 Å². The van der Waals surface area contributed by atoms with E-state index in [1.54, 1.807) is 35.2 Å². The summed E-state index contributed by atoms with van der Waals surface area (Å²) in [5.41, 5.74) is 1.95. The van der Waals surface area contributed by atoms with Crippen molar-refractivity contribution in [3.63, 3.8) is 0 Å². The number of hydrogen-bond acceptors (Lipinski definition) is 5. The first-order valence-corrected chi connectivity index (χ1v) is 11.2. The standard InChI is InChI=1S/C25H34N4O4/c1-17-14-29(18(2)16-30)24(31)13-19-12-21(10-11-22(19)33-23(17)15-28(3)4)27-25(32)26-20-8-6-5-7-9-20/h5-12,17-18,23,30H,13-16H2,1-4H3,(H2,26,27,32)/t17-,18+,23-/m0/s1. The maximum atomic E-state index is 13.2. The van der Waals surface area contributed by atoms with Gasteiger partial charge in [0.1, 0.15) is 11.9 Å². The molecule has 33 heavy (non-hydrogen) atoms. The Bertz CT molecular complexity index is 951. The van der Waals surface area contributed by atoms with Gasteiger partial charge in [-0.25, -0.2) is 4.79 Å². The molecule has 8 heteroatoms. The third kappa shape index (κ3) is 6.69. The van der Waals surface area contributed by atoms with Crippen LogP contribution in [0.25, 0.3) is 0 Å². The van der Waals surface area contributed by atoms with Crippen molar-refractivity contribution in [3.8, 4) is 5.75 Å². The maximum Gasteiger partial charge on any atom is 0.323 e. The number of ether oxygens (including phenoxy) is 1. The Kier molecular flexibility index (Phi) is 8.30. The molecule has 178 valence electrons. The highest BCUT2D eigenvalue weighted by Crippen LogP contribution is 2.29. The number of benzene rings is 2. The molecule has 0 aliphatic carbocycles. The van der Waals surface area contributed by atoms with Gasteiger partial charge >= 0.3 is 6.03 Å². The number of aliphatic hydroxyl groups is 1. The number of urea groups is 1. The number of anilines is 2. The number of para-hydroxylation sites is 1. The van der Waals surface area contributed by atoms with Crippen molar-refractivity contribution >= 4 is 23.3 Å². The quantitative estimate of drug-likeness (QED) is 0.624. The number of aliphatic hydroxyl groups excluding tert-OH is 1. The Balaban J connectivity index is 1.86. The van der Waals surface area contributed by atoms with Gasteiger partial charge in [-0.05, 0) is 51.4 Å². The molecule has 1 aliphatic heterocycles. The summed E-state index contributed by atoms with van der Waals surface area (Å²) < 4.78 is 6.39. The lowest BCUT2D eigenvalue weighted by Gasteiger charge is -2.33. The van der Waals surface area contributed by atoms with Crippen molar-refractivity contribution < 1.29 is 19.4 Å². The number of nitrogens with one attached hydrogen (secondary N) is 2. The number of carbonyl (C=O) groups is 2. The van der Waals surface area contributed by atoms with Crippen LogP contribution in [0.1, 0.15) is 19.4 Å². The van der Waals surface area contributed by atoms with Crippen LogP contribution in [0.2, 0.25) is 0 Å². The zero-order chi connectivity index (χ0) is 24.0. The zero-order valence-corrected chi connectivity index (χ0v) is 19.7. The third-order valence-electron chi connectivity index (χ3n) is 5.75. The monoisotopic (exact) mass is 454 g/mol. The average Bonchev–Trinajstić information content (AvgIpc) is 2.82. The molecule has 0 unspecified atom stereocenters. The molecule has 3 N–H and O–H groups in total. The van der Waals surface area contributed by atoms with Crippen LogP contribution >= 0.6 is 0 Å². The summed E-state index contributed by atoms with van der Waals surface area (Å²) in [6.07, 6.45) is -0.0186. The summed E-state index contributed by atoms with van der Waals surface area (Å²) in [6, 6.07) is 13.9. The molecule has 3 rings (SSSR count). The number of carbonyl (C=O) groups excluding carboxylic acids is 2. The summed E-state index contributed by atoms with van der Waals surface area (Å²) in [4.78, 5) is 29.4. The van der Waals surface area contributed by atoms with E-state index in [-0.39, 0.29) is 43.0 Å². The van der Waals surface area contributed by atoms with Crippen LogP contribution in [-0.2, 0) is 11.2 Å². The molecule has 1 aliphatic rings. The fraction of sp³-hybridized carbons (Fsp3) is 0.440. The molecule has 0 bridgehead atoms. The number of fused-ring (bicyclic) bond motifs is 1. The van der Waals surface area contributed by atoms with Gasteiger partial charge in [0.15, 0.2) is 0 Å². The topological polar surface area (TPSA) is 94.1 Å². The van der Waals surface area contributed by atoms with E-state index in [0.717, 1.165) is 0 Å². The molecule has 0 radical (unpaired) electrons. The number of nitrogens with zero attached hydrogens (tertiary/aromatic N) is 2. The summed E-state index contributed by atoms with van der Waals surface area (Å²) >= 11 is 0. The average molecular weight is 455 g/mol. The highest BCUT2D eigenvalue weighted by molar-refractivity contribution is 5.99. The van der Waals surface area contributed by atoms with E-state index in [1.165, 1.54) is 0 Å². The smallest absolute Gasteiger partial charge is 0.323 e. The van der Waals surface area contributed by atoms with E-state index >= 15 is 0 Å². The number of likely N-dealkylation sites (N-methyl/N-ethyl adjacent to an activating group) is 1. The molecule has 0 saturated carbocycles. The molecule has 1 heterocycles. The van der Waals surface area contributed by atoms with Crippen LogP contribution in [0.3, 0.4) is 0 Å². The van der Waals surface area contributed by atoms with Crippen LogP contribution in [0.4, 0.5) is 16.2 Å². The first-order chi connectivity index (χ1) is 15.8. The summed E-state index contributed by atoms with van der Waals surface area (Å²) in [5, 5.41) is 15.3. The molecule has 0 fully saturated rings. The molecular formula is C25H34N4O4. The normalized spacial score (nSPS) is 19.6. The van der Waals surface area contributed by atoms with E-state index in [9.17, 15) is 14.7 Å². The van der Waals surface area contributed by atoms with Gasteiger partial charge in [-0.2, -0.15) is 0 Å². The number of rotatable bonds is 6. The minimum absolute atomic E-state index is 0.0609. The predicted octanol–water partition coefficient (Wildman–Crippen LogP) is 3.04. The van der Waals surface area contributed by atoms with Crippen LogP contribution in [0, 0.1) is 5.92 Å². The SMILES string of the molecule is C[C@H](CO)N1C[C@H](C)[C@H](CN(C)C)Oc2ccc(NC(=O)Nc3ccccc3)cc2CC1=O. The second-order valence-corrected chi connectivity index (χ2v) is 8.92. The summed E-state index contributed by atoms with van der Waals surface area (Å²) in [6.45, 7) is 4.99. The Labute approximate surface area is 195 Å². The van der Waals surface area contributed by atoms with Gasteiger partial charge in [0.25, 0.3) is 0 Å². The first kappa shape index (κ1) is 24.5. The lowest BCUT2D eigenvalue weighted by Crippen LogP contribution is -2.47. The van der Waals surface area contributed by atoms with E-state index in [1.807, 2.05) is 39.2 Å². The molecular weight excluding hydrogens is 420 g/mol. The van der Waals surface area contributed by atoms with Gasteiger partial charge in [-0.15, -0.1) is 0 Å². The predicted molar refractivity (Wildman–Crippen MR) is 130 cm³/mol. The van der Waals surface area contributed by atoms with Gasteiger partial charge in [0.05, 0.1) is 19.1 Å². The summed E-state index contributed by atoms with van der Waals surface area (Å²) in [5.74, 6) is 0.616. The fourth-order valence-corrected chi connectivity index (χ4v) is 3.90.